The predicted molar refractivity (Wildman–Crippen MR) is 68.4 cm³/mol. The first-order chi connectivity index (χ1) is 8.41. The van der Waals surface area contributed by atoms with Gasteiger partial charge in [0.25, 0.3) is 10.2 Å². The van der Waals surface area contributed by atoms with E-state index in [2.05, 4.69) is 0 Å². The Kier molecular flexibility index (Phi) is 5.55. The third kappa shape index (κ3) is 3.66. The number of nitrogens with zero attached hydrogens (tertiary/aromatic N) is 2. The fraction of sp³-hybridized carbons (Fsp3) is 0.909. The summed E-state index contributed by atoms with van der Waals surface area (Å²) in [6.07, 6.45) is 1.62. The van der Waals surface area contributed by atoms with Gasteiger partial charge in [-0.25, -0.2) is 0 Å². The molecule has 1 fully saturated rings. The van der Waals surface area contributed by atoms with Crippen molar-refractivity contribution in [1.29, 1.82) is 0 Å². The fourth-order valence-electron chi connectivity index (χ4n) is 2.09. The summed E-state index contributed by atoms with van der Waals surface area (Å²) in [4.78, 5) is 10.5. The van der Waals surface area contributed by atoms with Gasteiger partial charge in [0.05, 0.1) is 6.42 Å². The lowest BCUT2D eigenvalue weighted by Gasteiger charge is -2.40. The Balaban J connectivity index is 2.56. The van der Waals surface area contributed by atoms with E-state index in [0.29, 0.717) is 26.2 Å². The quantitative estimate of drug-likeness (QED) is 0.711. The Labute approximate surface area is 109 Å². The van der Waals surface area contributed by atoms with Crippen molar-refractivity contribution in [3.8, 4) is 0 Å². The third-order valence-electron chi connectivity index (χ3n) is 2.99. The largest absolute Gasteiger partial charge is 0.481 e. The Morgan fingerprint density at radius 1 is 1.28 bits per heavy atom. The predicted octanol–water partition coefficient (Wildman–Crippen LogP) is 0.760. The summed E-state index contributed by atoms with van der Waals surface area (Å²) in [5, 5.41) is 8.64. The van der Waals surface area contributed by atoms with Gasteiger partial charge in [0, 0.05) is 26.2 Å². The zero-order chi connectivity index (χ0) is 13.8. The van der Waals surface area contributed by atoms with Gasteiger partial charge < -0.3 is 5.11 Å². The smallest absolute Gasteiger partial charge is 0.303 e. The maximum atomic E-state index is 12.2. The highest BCUT2D eigenvalue weighted by molar-refractivity contribution is 7.86. The van der Waals surface area contributed by atoms with Crippen LogP contribution < -0.4 is 0 Å². The highest BCUT2D eigenvalue weighted by atomic mass is 32.2. The molecule has 0 aromatic carbocycles. The second-order valence-corrected chi connectivity index (χ2v) is 6.62. The van der Waals surface area contributed by atoms with E-state index in [4.69, 9.17) is 5.11 Å². The zero-order valence-corrected chi connectivity index (χ0v) is 11.8. The Hall–Kier alpha value is -0.660. The van der Waals surface area contributed by atoms with Crippen molar-refractivity contribution in [2.75, 3.05) is 26.2 Å². The van der Waals surface area contributed by atoms with Crippen LogP contribution in [-0.2, 0) is 15.0 Å². The minimum absolute atomic E-state index is 0.0395. The van der Waals surface area contributed by atoms with Crippen LogP contribution in [0.5, 0.6) is 0 Å². The lowest BCUT2D eigenvalue weighted by atomic mass is 10.00. The molecule has 0 aromatic rings. The van der Waals surface area contributed by atoms with Gasteiger partial charge in [-0.05, 0) is 18.8 Å². The monoisotopic (exact) mass is 278 g/mol. The molecule has 0 aromatic heterocycles. The molecule has 1 aliphatic rings. The Morgan fingerprint density at radius 3 is 2.17 bits per heavy atom. The number of hydrogen-bond acceptors (Lipinski definition) is 3. The van der Waals surface area contributed by atoms with E-state index in [0.717, 1.165) is 12.8 Å². The van der Waals surface area contributed by atoms with Crippen LogP contribution in [0, 0.1) is 5.92 Å². The highest BCUT2D eigenvalue weighted by Crippen LogP contribution is 2.24. The van der Waals surface area contributed by atoms with E-state index in [-0.39, 0.29) is 12.3 Å². The summed E-state index contributed by atoms with van der Waals surface area (Å²) in [5.74, 6) is -0.904. The van der Waals surface area contributed by atoms with E-state index in [1.54, 1.807) is 0 Å². The van der Waals surface area contributed by atoms with Crippen LogP contribution in [0.1, 0.15) is 33.1 Å². The molecule has 0 atom stereocenters. The maximum absolute atomic E-state index is 12.2. The van der Waals surface area contributed by atoms with Crippen LogP contribution in [0.25, 0.3) is 0 Å². The van der Waals surface area contributed by atoms with E-state index in [1.165, 1.54) is 8.61 Å². The molecule has 0 unspecified atom stereocenters. The summed E-state index contributed by atoms with van der Waals surface area (Å²) in [7, 11) is -3.38. The molecule has 0 spiro atoms. The van der Waals surface area contributed by atoms with Crippen LogP contribution in [0.4, 0.5) is 0 Å². The Morgan fingerprint density at radius 2 is 1.78 bits per heavy atom. The van der Waals surface area contributed by atoms with Crippen LogP contribution in [0.2, 0.25) is 0 Å². The van der Waals surface area contributed by atoms with Crippen molar-refractivity contribution in [1.82, 2.24) is 8.61 Å². The van der Waals surface area contributed by atoms with Crippen molar-refractivity contribution in [2.45, 2.75) is 33.1 Å². The molecule has 1 rings (SSSR count). The van der Waals surface area contributed by atoms with Gasteiger partial charge in [-0.15, -0.1) is 0 Å². The SMILES string of the molecule is CCCN(CCC)S(=O)(=O)N1CC(CC(=O)O)C1. The average molecular weight is 278 g/mol. The molecule has 106 valence electrons. The van der Waals surface area contributed by atoms with Gasteiger partial charge >= 0.3 is 5.97 Å². The fourth-order valence-corrected chi connectivity index (χ4v) is 4.04. The van der Waals surface area contributed by atoms with Gasteiger partial charge in [-0.1, -0.05) is 13.8 Å². The van der Waals surface area contributed by atoms with Gasteiger partial charge in [0.15, 0.2) is 0 Å². The van der Waals surface area contributed by atoms with E-state index < -0.39 is 16.2 Å². The molecule has 6 nitrogen and oxygen atoms in total. The van der Waals surface area contributed by atoms with Crippen LogP contribution in [-0.4, -0.2) is 54.3 Å². The van der Waals surface area contributed by atoms with Gasteiger partial charge in [-0.2, -0.15) is 17.0 Å². The molecule has 1 heterocycles. The number of aliphatic carboxylic acids is 1. The molecule has 1 N–H and O–H groups in total. The van der Waals surface area contributed by atoms with Crippen molar-refractivity contribution >= 4 is 16.2 Å². The number of carbonyl (C=O) groups is 1. The van der Waals surface area contributed by atoms with Crippen molar-refractivity contribution in [2.24, 2.45) is 5.92 Å². The minimum Gasteiger partial charge on any atom is -0.481 e. The topological polar surface area (TPSA) is 77.9 Å². The first-order valence-corrected chi connectivity index (χ1v) is 7.78. The minimum atomic E-state index is -3.38. The summed E-state index contributed by atoms with van der Waals surface area (Å²) in [5.41, 5.74) is 0. The van der Waals surface area contributed by atoms with Crippen molar-refractivity contribution in [3.05, 3.63) is 0 Å². The first kappa shape index (κ1) is 15.4. The number of hydrogen-bond donors (Lipinski definition) is 1. The molecule has 18 heavy (non-hydrogen) atoms. The molecule has 0 bridgehead atoms. The second kappa shape index (κ2) is 6.49. The second-order valence-electron chi connectivity index (χ2n) is 4.69. The number of rotatable bonds is 8. The Bertz CT molecular complexity index is 371. The van der Waals surface area contributed by atoms with Crippen LogP contribution in [0.3, 0.4) is 0 Å². The lowest BCUT2D eigenvalue weighted by molar-refractivity contribution is -0.139. The summed E-state index contributed by atoms with van der Waals surface area (Å²) >= 11 is 0. The third-order valence-corrected chi connectivity index (χ3v) is 4.95. The molecule has 7 heteroatoms. The zero-order valence-electron chi connectivity index (χ0n) is 11.0. The van der Waals surface area contributed by atoms with E-state index >= 15 is 0 Å². The van der Waals surface area contributed by atoms with Crippen molar-refractivity contribution < 1.29 is 18.3 Å². The normalized spacial score (nSPS) is 17.9. The number of carboxylic acids is 1. The van der Waals surface area contributed by atoms with Gasteiger partial charge in [-0.3, -0.25) is 4.79 Å². The van der Waals surface area contributed by atoms with E-state index in [1.807, 2.05) is 13.8 Å². The molecule has 0 radical (unpaired) electrons. The van der Waals surface area contributed by atoms with Gasteiger partial charge in [0.2, 0.25) is 0 Å². The summed E-state index contributed by atoms with van der Waals surface area (Å²) < 4.78 is 27.3. The highest BCUT2D eigenvalue weighted by Gasteiger charge is 2.39. The molecule has 0 amide bonds. The average Bonchev–Trinajstić information content (AvgIpc) is 2.22. The van der Waals surface area contributed by atoms with Crippen LogP contribution in [0.15, 0.2) is 0 Å². The summed E-state index contributed by atoms with van der Waals surface area (Å²) in [6.45, 7) is 5.60. The summed E-state index contributed by atoms with van der Waals surface area (Å²) in [6, 6.07) is 0. The number of carboxylic acid groups (broad SMARTS) is 1. The molecule has 1 saturated heterocycles. The van der Waals surface area contributed by atoms with Crippen LogP contribution >= 0.6 is 0 Å². The molecule has 0 aliphatic carbocycles. The first-order valence-electron chi connectivity index (χ1n) is 6.38. The lowest BCUT2D eigenvalue weighted by Crippen LogP contribution is -2.55. The van der Waals surface area contributed by atoms with Crippen molar-refractivity contribution in [3.63, 3.8) is 0 Å². The van der Waals surface area contributed by atoms with E-state index in [9.17, 15) is 13.2 Å². The molecular formula is C11H22N2O4S. The standard InChI is InChI=1S/C11H22N2O4S/c1-3-5-12(6-4-2)18(16,17)13-8-10(9-13)7-11(14)15/h10H,3-9H2,1-2H3,(H,14,15). The molecule has 0 saturated carbocycles. The molecular weight excluding hydrogens is 256 g/mol. The molecule has 1 aliphatic heterocycles. The van der Waals surface area contributed by atoms with Gasteiger partial charge in [0.1, 0.15) is 0 Å². The maximum Gasteiger partial charge on any atom is 0.303 e.